The predicted molar refractivity (Wildman–Crippen MR) is 90.7 cm³/mol. The molecule has 1 N–H and O–H groups in total. The Morgan fingerprint density at radius 3 is 2.57 bits per heavy atom. The number of pyridine rings is 1. The zero-order valence-corrected chi connectivity index (χ0v) is 14.1. The number of hydrogen-bond donors (Lipinski definition) is 1. The van der Waals surface area contributed by atoms with Crippen LogP contribution in [0.5, 0.6) is 0 Å². The quantitative estimate of drug-likeness (QED) is 0.745. The van der Waals surface area contributed by atoms with Gasteiger partial charge in [0.25, 0.3) is 0 Å². The summed E-state index contributed by atoms with van der Waals surface area (Å²) >= 11 is 0. The lowest BCUT2D eigenvalue weighted by Gasteiger charge is -2.33. The second-order valence-corrected chi connectivity index (χ2v) is 6.69. The highest BCUT2D eigenvalue weighted by atomic mass is 15.2. The summed E-state index contributed by atoms with van der Waals surface area (Å²) in [6, 6.07) is 5.76. The van der Waals surface area contributed by atoms with Gasteiger partial charge in [0.1, 0.15) is 5.82 Å². The molecular weight excluding hydrogens is 258 g/mol. The van der Waals surface area contributed by atoms with E-state index in [4.69, 9.17) is 0 Å². The summed E-state index contributed by atoms with van der Waals surface area (Å²) in [5.41, 5.74) is 1.35. The van der Waals surface area contributed by atoms with E-state index < -0.39 is 0 Å². The minimum absolute atomic E-state index is 0.589. The van der Waals surface area contributed by atoms with Gasteiger partial charge in [-0.25, -0.2) is 4.98 Å². The van der Waals surface area contributed by atoms with Gasteiger partial charge in [-0.3, -0.25) is 0 Å². The van der Waals surface area contributed by atoms with Crippen molar-refractivity contribution in [2.24, 2.45) is 5.92 Å². The van der Waals surface area contributed by atoms with Crippen molar-refractivity contribution in [1.29, 1.82) is 0 Å². The van der Waals surface area contributed by atoms with Crippen LogP contribution in [0.25, 0.3) is 0 Å². The number of aromatic nitrogens is 1. The van der Waals surface area contributed by atoms with E-state index in [1.807, 2.05) is 6.20 Å². The first-order valence-electron chi connectivity index (χ1n) is 8.59. The molecule has 1 saturated carbocycles. The van der Waals surface area contributed by atoms with E-state index in [-0.39, 0.29) is 0 Å². The molecule has 1 fully saturated rings. The van der Waals surface area contributed by atoms with Crippen LogP contribution in [0.1, 0.15) is 58.9 Å². The van der Waals surface area contributed by atoms with Crippen LogP contribution in [0.4, 0.5) is 5.82 Å². The zero-order valence-electron chi connectivity index (χ0n) is 14.1. The zero-order chi connectivity index (χ0) is 15.2. The van der Waals surface area contributed by atoms with Crippen molar-refractivity contribution in [2.45, 2.75) is 72.0 Å². The molecule has 0 saturated heterocycles. The monoisotopic (exact) mass is 289 g/mol. The standard InChI is InChI=1S/C18H31N3/c1-5-17(6-2)21(13-14(3)4)18-11-15(9-10-19-18)12-20-16-7-8-16/h9-11,14,16-17,20H,5-8,12-13H2,1-4H3. The van der Waals surface area contributed by atoms with Gasteiger partial charge in [0.2, 0.25) is 0 Å². The summed E-state index contributed by atoms with van der Waals surface area (Å²) < 4.78 is 0. The lowest BCUT2D eigenvalue weighted by molar-refractivity contribution is 0.503. The molecule has 0 spiro atoms. The van der Waals surface area contributed by atoms with Gasteiger partial charge in [0.05, 0.1) is 0 Å². The van der Waals surface area contributed by atoms with Crippen LogP contribution in [-0.4, -0.2) is 23.6 Å². The molecule has 0 atom stereocenters. The molecule has 3 nitrogen and oxygen atoms in total. The maximum atomic E-state index is 4.65. The Labute approximate surface area is 130 Å². The second-order valence-electron chi connectivity index (χ2n) is 6.69. The maximum absolute atomic E-state index is 4.65. The minimum Gasteiger partial charge on any atom is -0.353 e. The van der Waals surface area contributed by atoms with Gasteiger partial charge in [0, 0.05) is 31.4 Å². The SMILES string of the molecule is CCC(CC)N(CC(C)C)c1cc(CNC2CC2)ccn1. The Hall–Kier alpha value is -1.09. The van der Waals surface area contributed by atoms with E-state index in [2.05, 4.69) is 55.0 Å². The van der Waals surface area contributed by atoms with Crippen molar-refractivity contribution < 1.29 is 0 Å². The number of nitrogens with zero attached hydrogens (tertiary/aromatic N) is 2. The van der Waals surface area contributed by atoms with Crippen LogP contribution in [0.3, 0.4) is 0 Å². The van der Waals surface area contributed by atoms with Crippen molar-refractivity contribution in [2.75, 3.05) is 11.4 Å². The van der Waals surface area contributed by atoms with Gasteiger partial charge in [-0.1, -0.05) is 27.7 Å². The molecule has 1 heterocycles. The van der Waals surface area contributed by atoms with Crippen LogP contribution >= 0.6 is 0 Å². The molecule has 0 unspecified atom stereocenters. The number of hydrogen-bond acceptors (Lipinski definition) is 3. The topological polar surface area (TPSA) is 28.2 Å². The van der Waals surface area contributed by atoms with E-state index in [1.165, 1.54) is 31.2 Å². The van der Waals surface area contributed by atoms with Gasteiger partial charge >= 0.3 is 0 Å². The summed E-state index contributed by atoms with van der Waals surface area (Å²) in [5, 5.41) is 3.59. The van der Waals surface area contributed by atoms with Crippen LogP contribution in [0.15, 0.2) is 18.3 Å². The highest BCUT2D eigenvalue weighted by Gasteiger charge is 2.21. The van der Waals surface area contributed by atoms with E-state index in [0.717, 1.165) is 24.9 Å². The third-order valence-corrected chi connectivity index (χ3v) is 4.22. The Kier molecular flexibility index (Phi) is 6.04. The summed E-state index contributed by atoms with van der Waals surface area (Å²) in [6.07, 6.45) is 7.00. The van der Waals surface area contributed by atoms with Crippen LogP contribution in [-0.2, 0) is 6.54 Å². The molecule has 118 valence electrons. The summed E-state index contributed by atoms with van der Waals surface area (Å²) in [7, 11) is 0. The highest BCUT2D eigenvalue weighted by Crippen LogP contribution is 2.22. The van der Waals surface area contributed by atoms with Gasteiger partial charge in [-0.05, 0) is 49.3 Å². The number of nitrogens with one attached hydrogen (secondary N) is 1. The molecule has 0 amide bonds. The van der Waals surface area contributed by atoms with Crippen LogP contribution in [0.2, 0.25) is 0 Å². The van der Waals surface area contributed by atoms with Gasteiger partial charge in [0.15, 0.2) is 0 Å². The van der Waals surface area contributed by atoms with Gasteiger partial charge in [-0.2, -0.15) is 0 Å². The van der Waals surface area contributed by atoms with Crippen LogP contribution in [0, 0.1) is 5.92 Å². The lowest BCUT2D eigenvalue weighted by atomic mass is 10.1. The molecule has 21 heavy (non-hydrogen) atoms. The first kappa shape index (κ1) is 16.3. The summed E-state index contributed by atoms with van der Waals surface area (Å²) in [4.78, 5) is 7.16. The number of rotatable bonds is 9. The smallest absolute Gasteiger partial charge is 0.129 e. The van der Waals surface area contributed by atoms with E-state index in [0.29, 0.717) is 12.0 Å². The molecule has 0 aromatic carbocycles. The van der Waals surface area contributed by atoms with Crippen LogP contribution < -0.4 is 10.2 Å². The number of anilines is 1. The Morgan fingerprint density at radius 2 is 2.00 bits per heavy atom. The molecule has 1 aromatic heterocycles. The Balaban J connectivity index is 2.10. The molecule has 0 radical (unpaired) electrons. The molecule has 1 aliphatic rings. The molecule has 3 heteroatoms. The average Bonchev–Trinajstić information content (AvgIpc) is 3.29. The van der Waals surface area contributed by atoms with Gasteiger partial charge in [-0.15, -0.1) is 0 Å². The molecule has 0 bridgehead atoms. The molecular formula is C18H31N3. The van der Waals surface area contributed by atoms with E-state index >= 15 is 0 Å². The largest absolute Gasteiger partial charge is 0.353 e. The first-order chi connectivity index (χ1) is 10.1. The van der Waals surface area contributed by atoms with E-state index in [9.17, 15) is 0 Å². The molecule has 2 rings (SSSR count). The van der Waals surface area contributed by atoms with Gasteiger partial charge < -0.3 is 10.2 Å². The van der Waals surface area contributed by atoms with Crippen molar-refractivity contribution >= 4 is 5.82 Å². The Bertz CT molecular complexity index is 422. The average molecular weight is 289 g/mol. The third-order valence-electron chi connectivity index (χ3n) is 4.22. The molecule has 1 aliphatic carbocycles. The second kappa shape index (κ2) is 7.79. The first-order valence-corrected chi connectivity index (χ1v) is 8.59. The Morgan fingerprint density at radius 1 is 1.29 bits per heavy atom. The van der Waals surface area contributed by atoms with Crippen molar-refractivity contribution in [3.05, 3.63) is 23.9 Å². The maximum Gasteiger partial charge on any atom is 0.129 e. The molecule has 0 aliphatic heterocycles. The predicted octanol–water partition coefficient (Wildman–Crippen LogP) is 3.98. The van der Waals surface area contributed by atoms with Crippen molar-refractivity contribution in [1.82, 2.24) is 10.3 Å². The lowest BCUT2D eigenvalue weighted by Crippen LogP contribution is -2.38. The minimum atomic E-state index is 0.589. The van der Waals surface area contributed by atoms with Crippen molar-refractivity contribution in [3.8, 4) is 0 Å². The van der Waals surface area contributed by atoms with Crippen molar-refractivity contribution in [3.63, 3.8) is 0 Å². The fourth-order valence-corrected chi connectivity index (χ4v) is 2.83. The summed E-state index contributed by atoms with van der Waals surface area (Å²) in [5.74, 6) is 1.80. The molecule has 1 aromatic rings. The fourth-order valence-electron chi connectivity index (χ4n) is 2.83. The third kappa shape index (κ3) is 4.99. The highest BCUT2D eigenvalue weighted by molar-refractivity contribution is 5.42. The summed E-state index contributed by atoms with van der Waals surface area (Å²) in [6.45, 7) is 11.2. The normalized spacial score (nSPS) is 15.0. The van der Waals surface area contributed by atoms with E-state index in [1.54, 1.807) is 0 Å². The fraction of sp³-hybridized carbons (Fsp3) is 0.722.